The molecule has 3 aromatic carbocycles. The lowest BCUT2D eigenvalue weighted by atomic mass is 10.1. The van der Waals surface area contributed by atoms with Crippen LogP contribution in [0.15, 0.2) is 88.1 Å². The monoisotopic (exact) mass is 503 g/mol. The molecular formula is C27H26BrN3O2. The summed E-state index contributed by atoms with van der Waals surface area (Å²) in [6, 6.07) is 24.3. The molecule has 0 saturated heterocycles. The van der Waals surface area contributed by atoms with Crippen LogP contribution in [-0.2, 0) is 11.2 Å². The summed E-state index contributed by atoms with van der Waals surface area (Å²) in [5.41, 5.74) is 2.19. The maximum absolute atomic E-state index is 13.6. The zero-order chi connectivity index (χ0) is 23.4. The number of likely N-dealkylation sites (N-methyl/N-ethyl adjacent to an activating group) is 1. The summed E-state index contributed by atoms with van der Waals surface area (Å²) in [5.74, 6) is 0.590. The lowest BCUT2D eigenvalue weighted by Crippen LogP contribution is -2.39. The molecule has 0 spiro atoms. The van der Waals surface area contributed by atoms with Crippen molar-refractivity contribution >= 4 is 32.7 Å². The van der Waals surface area contributed by atoms with E-state index in [-0.39, 0.29) is 17.5 Å². The normalized spacial score (nSPS) is 12.0. The van der Waals surface area contributed by atoms with Gasteiger partial charge < -0.3 is 4.90 Å². The van der Waals surface area contributed by atoms with E-state index < -0.39 is 0 Å². The Balaban J connectivity index is 1.86. The van der Waals surface area contributed by atoms with E-state index in [1.54, 1.807) is 10.6 Å². The quantitative estimate of drug-likeness (QED) is 0.325. The van der Waals surface area contributed by atoms with Gasteiger partial charge in [0.1, 0.15) is 5.82 Å². The second kappa shape index (κ2) is 10.1. The molecule has 168 valence electrons. The Hall–Kier alpha value is -3.25. The van der Waals surface area contributed by atoms with Gasteiger partial charge in [0.25, 0.3) is 5.56 Å². The van der Waals surface area contributed by atoms with Gasteiger partial charge >= 0.3 is 0 Å². The van der Waals surface area contributed by atoms with Gasteiger partial charge in [-0.25, -0.2) is 4.98 Å². The van der Waals surface area contributed by atoms with E-state index in [0.29, 0.717) is 36.1 Å². The zero-order valence-electron chi connectivity index (χ0n) is 18.7. The van der Waals surface area contributed by atoms with Crippen LogP contribution in [0.1, 0.15) is 37.7 Å². The molecule has 1 amide bonds. The minimum absolute atomic E-state index is 0.0142. The number of nitrogens with zero attached hydrogens (tertiary/aromatic N) is 3. The summed E-state index contributed by atoms with van der Waals surface area (Å²) in [5, 5.41) is 0.553. The van der Waals surface area contributed by atoms with Crippen molar-refractivity contribution in [3.05, 3.63) is 105 Å². The van der Waals surface area contributed by atoms with Gasteiger partial charge in [0.15, 0.2) is 0 Å². The molecule has 0 aliphatic heterocycles. The van der Waals surface area contributed by atoms with E-state index in [0.717, 1.165) is 15.7 Å². The minimum atomic E-state index is -0.341. The molecule has 6 heteroatoms. The molecule has 0 saturated carbocycles. The summed E-state index contributed by atoms with van der Waals surface area (Å²) < 4.78 is 2.58. The van der Waals surface area contributed by atoms with Crippen molar-refractivity contribution in [1.29, 1.82) is 0 Å². The number of para-hydroxylation sites is 1. The van der Waals surface area contributed by atoms with Crippen LogP contribution in [0, 0.1) is 0 Å². The Labute approximate surface area is 201 Å². The van der Waals surface area contributed by atoms with Crippen molar-refractivity contribution in [1.82, 2.24) is 14.5 Å². The van der Waals surface area contributed by atoms with Gasteiger partial charge in [-0.05, 0) is 55.3 Å². The first-order valence-corrected chi connectivity index (χ1v) is 11.9. The largest absolute Gasteiger partial charge is 0.332 e. The summed E-state index contributed by atoms with van der Waals surface area (Å²) >= 11 is 3.47. The predicted octanol–water partition coefficient (Wildman–Crippen LogP) is 5.69. The van der Waals surface area contributed by atoms with Crippen LogP contribution >= 0.6 is 15.9 Å². The number of halogens is 1. The van der Waals surface area contributed by atoms with Crippen LogP contribution < -0.4 is 5.56 Å². The van der Waals surface area contributed by atoms with E-state index in [9.17, 15) is 9.59 Å². The number of carbonyl (C=O) groups is 1. The molecular weight excluding hydrogens is 478 g/mol. The lowest BCUT2D eigenvalue weighted by Gasteiger charge is -2.31. The average molecular weight is 504 g/mol. The molecule has 1 atom stereocenters. The maximum Gasteiger partial charge on any atom is 0.266 e. The smallest absolute Gasteiger partial charge is 0.266 e. The molecule has 33 heavy (non-hydrogen) atoms. The average Bonchev–Trinajstić information content (AvgIpc) is 2.84. The first-order chi connectivity index (χ1) is 16.0. The van der Waals surface area contributed by atoms with Crippen molar-refractivity contribution in [3.63, 3.8) is 0 Å². The highest BCUT2D eigenvalue weighted by Crippen LogP contribution is 2.27. The maximum atomic E-state index is 13.6. The Morgan fingerprint density at radius 2 is 1.64 bits per heavy atom. The van der Waals surface area contributed by atoms with Crippen LogP contribution in [0.25, 0.3) is 16.6 Å². The number of fused-ring (bicyclic) bond motifs is 1. The van der Waals surface area contributed by atoms with Crippen LogP contribution in [0.2, 0.25) is 0 Å². The number of hydrogen-bond acceptors (Lipinski definition) is 3. The summed E-state index contributed by atoms with van der Waals surface area (Å²) in [4.78, 5) is 33.8. The summed E-state index contributed by atoms with van der Waals surface area (Å²) in [7, 11) is 0. The van der Waals surface area contributed by atoms with Crippen molar-refractivity contribution in [3.8, 4) is 5.69 Å². The van der Waals surface area contributed by atoms with Gasteiger partial charge in [-0.15, -0.1) is 0 Å². The molecule has 5 nitrogen and oxygen atoms in total. The van der Waals surface area contributed by atoms with Crippen molar-refractivity contribution < 1.29 is 4.79 Å². The third kappa shape index (κ3) is 4.76. The van der Waals surface area contributed by atoms with Crippen molar-refractivity contribution in [2.24, 2.45) is 0 Å². The fourth-order valence-electron chi connectivity index (χ4n) is 4.20. The number of benzene rings is 3. The molecule has 1 heterocycles. The topological polar surface area (TPSA) is 55.2 Å². The van der Waals surface area contributed by atoms with Crippen molar-refractivity contribution in [2.75, 3.05) is 6.54 Å². The predicted molar refractivity (Wildman–Crippen MR) is 136 cm³/mol. The van der Waals surface area contributed by atoms with Gasteiger partial charge in [-0.1, -0.05) is 65.3 Å². The number of hydrogen-bond donors (Lipinski definition) is 0. The SMILES string of the molecule is CCC(c1nc2ccccc2c(=O)n1-c1ccc(Br)cc1)N(CC)C(=O)Cc1ccccc1. The minimum Gasteiger partial charge on any atom is -0.332 e. The molecule has 1 aromatic heterocycles. The first kappa shape index (κ1) is 22.9. The molecule has 1 unspecified atom stereocenters. The number of rotatable bonds is 7. The van der Waals surface area contributed by atoms with E-state index in [4.69, 9.17) is 4.98 Å². The first-order valence-electron chi connectivity index (χ1n) is 11.1. The number of carbonyl (C=O) groups excluding carboxylic acids is 1. The zero-order valence-corrected chi connectivity index (χ0v) is 20.3. The van der Waals surface area contributed by atoms with Crippen molar-refractivity contribution in [2.45, 2.75) is 32.7 Å². The molecule has 4 aromatic rings. The molecule has 0 fully saturated rings. The van der Waals surface area contributed by atoms with E-state index in [1.165, 1.54) is 0 Å². The molecule has 0 aliphatic rings. The van der Waals surface area contributed by atoms with Gasteiger partial charge in [0, 0.05) is 11.0 Å². The van der Waals surface area contributed by atoms with E-state index >= 15 is 0 Å². The Kier molecular flexibility index (Phi) is 7.04. The molecule has 0 N–H and O–H groups in total. The molecule has 4 rings (SSSR count). The van der Waals surface area contributed by atoms with Gasteiger partial charge in [-0.3, -0.25) is 14.2 Å². The second-order valence-electron chi connectivity index (χ2n) is 7.87. The second-order valence-corrected chi connectivity index (χ2v) is 8.79. The number of aromatic nitrogens is 2. The highest BCUT2D eigenvalue weighted by Gasteiger charge is 2.28. The van der Waals surface area contributed by atoms with Gasteiger partial charge in [0.05, 0.1) is 29.1 Å². The standard InChI is InChI=1S/C27H26BrN3O2/c1-3-24(30(4-2)25(32)18-19-10-6-5-7-11-19)26-29-23-13-9-8-12-22(23)27(33)31(26)21-16-14-20(28)15-17-21/h5-17,24H,3-4,18H2,1-2H3. The molecule has 0 aliphatic carbocycles. The van der Waals surface area contributed by atoms with Crippen LogP contribution in [-0.4, -0.2) is 26.9 Å². The lowest BCUT2D eigenvalue weighted by molar-refractivity contribution is -0.133. The molecule has 0 radical (unpaired) electrons. The Morgan fingerprint density at radius 1 is 0.970 bits per heavy atom. The fraction of sp³-hybridized carbons (Fsp3) is 0.222. The molecule has 0 bridgehead atoms. The fourth-order valence-corrected chi connectivity index (χ4v) is 4.46. The van der Waals surface area contributed by atoms with E-state index in [2.05, 4.69) is 15.9 Å². The highest BCUT2D eigenvalue weighted by molar-refractivity contribution is 9.10. The Bertz CT molecular complexity index is 1320. The highest BCUT2D eigenvalue weighted by atomic mass is 79.9. The van der Waals surface area contributed by atoms with E-state index in [1.807, 2.05) is 91.5 Å². The number of amides is 1. The Morgan fingerprint density at radius 3 is 2.30 bits per heavy atom. The summed E-state index contributed by atoms with van der Waals surface area (Å²) in [6.07, 6.45) is 0.941. The third-order valence-corrected chi connectivity index (χ3v) is 6.34. The van der Waals surface area contributed by atoms with Gasteiger partial charge in [-0.2, -0.15) is 0 Å². The van der Waals surface area contributed by atoms with Crippen LogP contribution in [0.3, 0.4) is 0 Å². The third-order valence-electron chi connectivity index (χ3n) is 5.81. The van der Waals surface area contributed by atoms with Crippen LogP contribution in [0.4, 0.5) is 0 Å². The summed E-state index contributed by atoms with van der Waals surface area (Å²) in [6.45, 7) is 4.51. The van der Waals surface area contributed by atoms with Crippen LogP contribution in [0.5, 0.6) is 0 Å². The van der Waals surface area contributed by atoms with Gasteiger partial charge in [0.2, 0.25) is 5.91 Å².